The molecule has 2 rings (SSSR count). The minimum absolute atomic E-state index is 0.0278. The number of hydrogen-bond acceptors (Lipinski definition) is 3. The lowest BCUT2D eigenvalue weighted by Crippen LogP contribution is -3.17. The van der Waals surface area contributed by atoms with Crippen molar-refractivity contribution in [2.24, 2.45) is 5.92 Å². The summed E-state index contributed by atoms with van der Waals surface area (Å²) in [5.74, 6) is 0.622. The van der Waals surface area contributed by atoms with Crippen molar-refractivity contribution in [2.75, 3.05) is 18.4 Å². The summed E-state index contributed by atoms with van der Waals surface area (Å²) in [6.07, 6.45) is 2.39. The normalized spacial score (nSPS) is 22.6. The van der Waals surface area contributed by atoms with Crippen LogP contribution in [0, 0.1) is 5.92 Å². The zero-order valence-corrected chi connectivity index (χ0v) is 16.3. The van der Waals surface area contributed by atoms with Crippen LogP contribution in [0.25, 0.3) is 0 Å². The van der Waals surface area contributed by atoms with Gasteiger partial charge in [0.2, 0.25) is 10.0 Å². The minimum atomic E-state index is -3.51. The van der Waals surface area contributed by atoms with Crippen molar-refractivity contribution in [2.45, 2.75) is 57.5 Å². The van der Waals surface area contributed by atoms with Crippen LogP contribution in [-0.2, 0) is 14.8 Å². The highest BCUT2D eigenvalue weighted by Crippen LogP contribution is 2.14. The molecule has 1 aliphatic rings. The zero-order valence-electron chi connectivity index (χ0n) is 15.5. The van der Waals surface area contributed by atoms with E-state index in [-0.39, 0.29) is 22.9 Å². The lowest BCUT2D eigenvalue weighted by Gasteiger charge is -2.31. The molecule has 1 heterocycles. The molecule has 1 amide bonds. The van der Waals surface area contributed by atoms with Gasteiger partial charge in [-0.3, -0.25) is 4.79 Å². The van der Waals surface area contributed by atoms with Gasteiger partial charge in [-0.15, -0.1) is 0 Å². The molecule has 0 aromatic heterocycles. The van der Waals surface area contributed by atoms with E-state index in [9.17, 15) is 13.2 Å². The molecular formula is C18H30N3O3S+. The van der Waals surface area contributed by atoms with Gasteiger partial charge in [-0.1, -0.05) is 6.92 Å². The molecule has 0 spiro atoms. The van der Waals surface area contributed by atoms with E-state index in [0.29, 0.717) is 11.6 Å². The molecule has 1 aromatic rings. The first kappa shape index (κ1) is 19.9. The van der Waals surface area contributed by atoms with E-state index in [4.69, 9.17) is 0 Å². The third-order valence-corrected chi connectivity index (χ3v) is 6.31. The Morgan fingerprint density at radius 1 is 1.20 bits per heavy atom. The van der Waals surface area contributed by atoms with E-state index < -0.39 is 10.0 Å². The van der Waals surface area contributed by atoms with E-state index >= 15 is 0 Å². The van der Waals surface area contributed by atoms with Crippen LogP contribution in [0.2, 0.25) is 0 Å². The predicted molar refractivity (Wildman–Crippen MR) is 99.1 cm³/mol. The van der Waals surface area contributed by atoms with Crippen molar-refractivity contribution in [1.82, 2.24) is 4.72 Å². The molecule has 7 heteroatoms. The summed E-state index contributed by atoms with van der Waals surface area (Å²) in [6, 6.07) is 6.01. The monoisotopic (exact) mass is 368 g/mol. The summed E-state index contributed by atoms with van der Waals surface area (Å²) in [5.41, 5.74) is 0.616. The van der Waals surface area contributed by atoms with Crippen molar-refractivity contribution in [3.63, 3.8) is 0 Å². The van der Waals surface area contributed by atoms with E-state index in [1.54, 1.807) is 26.0 Å². The number of benzene rings is 1. The number of sulfonamides is 1. The number of nitrogens with one attached hydrogen (secondary N) is 3. The molecular weight excluding hydrogens is 338 g/mol. The Morgan fingerprint density at radius 2 is 1.84 bits per heavy atom. The van der Waals surface area contributed by atoms with Crippen LogP contribution < -0.4 is 14.9 Å². The van der Waals surface area contributed by atoms with Gasteiger partial charge in [0.15, 0.2) is 6.04 Å². The zero-order chi connectivity index (χ0) is 18.6. The van der Waals surface area contributed by atoms with Crippen LogP contribution in [0.5, 0.6) is 0 Å². The largest absolute Gasteiger partial charge is 0.325 e. The van der Waals surface area contributed by atoms with Crippen molar-refractivity contribution in [3.05, 3.63) is 24.3 Å². The maximum atomic E-state index is 12.5. The first-order valence-electron chi connectivity index (χ1n) is 8.97. The predicted octanol–water partition coefficient (Wildman–Crippen LogP) is 1.02. The van der Waals surface area contributed by atoms with Crippen molar-refractivity contribution in [1.29, 1.82) is 0 Å². The van der Waals surface area contributed by atoms with Gasteiger partial charge in [0, 0.05) is 17.6 Å². The van der Waals surface area contributed by atoms with Gasteiger partial charge in [-0.05, 0) is 57.9 Å². The van der Waals surface area contributed by atoms with Crippen LogP contribution in [0.4, 0.5) is 5.69 Å². The number of rotatable bonds is 6. The lowest BCUT2D eigenvalue weighted by atomic mass is 9.99. The van der Waals surface area contributed by atoms with Crippen LogP contribution in [-0.4, -0.2) is 39.5 Å². The van der Waals surface area contributed by atoms with Crippen LogP contribution in [0.1, 0.15) is 40.5 Å². The molecule has 0 aliphatic carbocycles. The molecule has 1 aromatic carbocycles. The molecule has 6 nitrogen and oxygen atoms in total. The Balaban J connectivity index is 1.99. The summed E-state index contributed by atoms with van der Waals surface area (Å²) in [6.45, 7) is 9.78. The summed E-state index contributed by atoms with van der Waals surface area (Å²) in [7, 11) is -3.51. The minimum Gasteiger partial charge on any atom is -0.325 e. The second-order valence-electron chi connectivity index (χ2n) is 7.37. The Labute approximate surface area is 151 Å². The van der Waals surface area contributed by atoms with Gasteiger partial charge in [-0.25, -0.2) is 13.1 Å². The molecule has 0 radical (unpaired) electrons. The third-order valence-electron chi connectivity index (χ3n) is 4.63. The molecule has 3 atom stereocenters. The van der Waals surface area contributed by atoms with Gasteiger partial charge >= 0.3 is 0 Å². The standard InChI is InChI=1S/C18H29N3O3S/c1-13(2)20-25(23,24)17-9-7-16(8-10-17)19-18(22)15(4)21-11-5-6-14(3)12-21/h7-10,13-15,20H,5-6,11-12H2,1-4H3,(H,19,22)/p+1/t14-,15+/m1/s1. The number of carbonyl (C=O) groups is 1. The van der Waals surface area contributed by atoms with Gasteiger partial charge in [0.25, 0.3) is 5.91 Å². The third kappa shape index (κ3) is 5.52. The average molecular weight is 369 g/mol. The molecule has 25 heavy (non-hydrogen) atoms. The maximum Gasteiger partial charge on any atom is 0.282 e. The number of amides is 1. The van der Waals surface area contributed by atoms with E-state index in [0.717, 1.165) is 19.5 Å². The number of hydrogen-bond donors (Lipinski definition) is 3. The lowest BCUT2D eigenvalue weighted by molar-refractivity contribution is -0.922. The number of anilines is 1. The first-order chi connectivity index (χ1) is 11.7. The van der Waals surface area contributed by atoms with Gasteiger partial charge in [0.1, 0.15) is 0 Å². The number of piperidine rings is 1. The summed E-state index contributed by atoms with van der Waals surface area (Å²) in [4.78, 5) is 14.0. The highest BCUT2D eigenvalue weighted by Gasteiger charge is 2.29. The highest BCUT2D eigenvalue weighted by molar-refractivity contribution is 7.89. The quantitative estimate of drug-likeness (QED) is 0.701. The van der Waals surface area contributed by atoms with E-state index in [1.807, 2.05) is 6.92 Å². The van der Waals surface area contributed by atoms with E-state index in [1.165, 1.54) is 23.5 Å². The van der Waals surface area contributed by atoms with Crippen LogP contribution >= 0.6 is 0 Å². The van der Waals surface area contributed by atoms with Gasteiger partial charge in [-0.2, -0.15) is 0 Å². The average Bonchev–Trinajstić information content (AvgIpc) is 2.53. The molecule has 0 bridgehead atoms. The number of quaternary nitrogens is 1. The Morgan fingerprint density at radius 3 is 2.40 bits per heavy atom. The topological polar surface area (TPSA) is 79.7 Å². The second-order valence-corrected chi connectivity index (χ2v) is 9.09. The number of likely N-dealkylation sites (tertiary alicyclic amines) is 1. The maximum absolute atomic E-state index is 12.5. The fourth-order valence-corrected chi connectivity index (χ4v) is 4.51. The fourth-order valence-electron chi connectivity index (χ4n) is 3.25. The Hall–Kier alpha value is -1.44. The molecule has 1 saturated heterocycles. The molecule has 1 aliphatic heterocycles. The second kappa shape index (κ2) is 8.29. The highest BCUT2D eigenvalue weighted by atomic mass is 32.2. The van der Waals surface area contributed by atoms with Gasteiger partial charge in [0.05, 0.1) is 18.0 Å². The van der Waals surface area contributed by atoms with Crippen molar-refractivity contribution >= 4 is 21.6 Å². The molecule has 1 unspecified atom stereocenters. The number of carbonyl (C=O) groups excluding carboxylic acids is 1. The van der Waals surface area contributed by atoms with Crippen molar-refractivity contribution in [3.8, 4) is 0 Å². The Kier molecular flexibility index (Phi) is 6.59. The summed E-state index contributed by atoms with van der Waals surface area (Å²) in [5, 5.41) is 2.90. The molecule has 3 N–H and O–H groups in total. The fraction of sp³-hybridized carbons (Fsp3) is 0.611. The van der Waals surface area contributed by atoms with Crippen LogP contribution in [0.15, 0.2) is 29.2 Å². The first-order valence-corrected chi connectivity index (χ1v) is 10.4. The summed E-state index contributed by atoms with van der Waals surface area (Å²) < 4.78 is 26.8. The van der Waals surface area contributed by atoms with Crippen molar-refractivity contribution < 1.29 is 18.1 Å². The SMILES string of the molecule is CC(C)NS(=O)(=O)c1ccc(NC(=O)[C@H](C)[NH+]2CCC[C@@H](C)C2)cc1. The van der Waals surface area contributed by atoms with Gasteiger partial charge < -0.3 is 10.2 Å². The van der Waals surface area contributed by atoms with E-state index in [2.05, 4.69) is 17.0 Å². The van der Waals surface area contributed by atoms with Crippen LogP contribution in [0.3, 0.4) is 0 Å². The summed E-state index contributed by atoms with van der Waals surface area (Å²) >= 11 is 0. The molecule has 140 valence electrons. The smallest absolute Gasteiger partial charge is 0.282 e. The molecule has 1 fully saturated rings. The molecule has 0 saturated carbocycles. The Bertz CT molecular complexity index is 686.